The molecule has 1 fully saturated rings. The van der Waals surface area contributed by atoms with Crippen LogP contribution < -0.4 is 0 Å². The zero-order chi connectivity index (χ0) is 13.8. The Kier molecular flexibility index (Phi) is 4.42. The Hall–Kier alpha value is -1.56. The summed E-state index contributed by atoms with van der Waals surface area (Å²) >= 11 is 0. The predicted molar refractivity (Wildman–Crippen MR) is 67.1 cm³/mol. The summed E-state index contributed by atoms with van der Waals surface area (Å²) in [4.78, 5) is 12.1. The van der Waals surface area contributed by atoms with Gasteiger partial charge in [0.15, 0.2) is 0 Å². The van der Waals surface area contributed by atoms with E-state index in [-0.39, 0.29) is 5.69 Å². The van der Waals surface area contributed by atoms with Crippen LogP contribution in [-0.4, -0.2) is 29.3 Å². The van der Waals surface area contributed by atoms with Crippen molar-refractivity contribution < 1.29 is 13.7 Å². The summed E-state index contributed by atoms with van der Waals surface area (Å²) in [7, 11) is 0. The second-order valence-corrected chi connectivity index (χ2v) is 4.90. The summed E-state index contributed by atoms with van der Waals surface area (Å²) in [6.07, 6.45) is -0.907. The van der Waals surface area contributed by atoms with Crippen LogP contribution in [0.5, 0.6) is 0 Å². The third-order valence-corrected chi connectivity index (χ3v) is 3.45. The highest BCUT2D eigenvalue weighted by Gasteiger charge is 2.26. The van der Waals surface area contributed by atoms with E-state index in [9.17, 15) is 18.9 Å². The molecule has 19 heavy (non-hydrogen) atoms. The third-order valence-electron chi connectivity index (χ3n) is 3.45. The molecule has 1 unspecified atom stereocenters. The van der Waals surface area contributed by atoms with Gasteiger partial charge in [-0.1, -0.05) is 12.1 Å². The number of halogens is 2. The number of alkyl halides is 2. The molecule has 0 spiro atoms. The maximum Gasteiger partial charge on any atom is 0.269 e. The van der Waals surface area contributed by atoms with Gasteiger partial charge in [0.05, 0.1) is 4.92 Å². The molecule has 0 saturated carbocycles. The molecule has 0 N–H and O–H groups in total. The predicted octanol–water partition coefficient (Wildman–Crippen LogP) is 3.07. The SMILES string of the molecule is O=[N+]([O-])c1ccc(CN2CCCC(C(F)F)C2)cc1. The lowest BCUT2D eigenvalue weighted by Crippen LogP contribution is -2.37. The number of benzene rings is 1. The Bertz CT molecular complexity index is 437. The van der Waals surface area contributed by atoms with Crippen LogP contribution in [0.2, 0.25) is 0 Å². The second kappa shape index (κ2) is 6.06. The van der Waals surface area contributed by atoms with Gasteiger partial charge in [0.25, 0.3) is 5.69 Å². The molecule has 0 aromatic heterocycles. The number of nitro benzene ring substituents is 1. The molecule has 0 amide bonds. The molecular formula is C13H16F2N2O2. The number of non-ortho nitro benzene ring substituents is 1. The van der Waals surface area contributed by atoms with Gasteiger partial charge < -0.3 is 0 Å². The first-order chi connectivity index (χ1) is 9.06. The average molecular weight is 270 g/mol. The van der Waals surface area contributed by atoms with Crippen LogP contribution in [0.25, 0.3) is 0 Å². The highest BCUT2D eigenvalue weighted by atomic mass is 19.3. The summed E-state index contributed by atoms with van der Waals surface area (Å²) in [5.41, 5.74) is 0.966. The topological polar surface area (TPSA) is 46.4 Å². The Morgan fingerprint density at radius 2 is 2.05 bits per heavy atom. The highest BCUT2D eigenvalue weighted by Crippen LogP contribution is 2.24. The van der Waals surface area contributed by atoms with Crippen molar-refractivity contribution in [2.75, 3.05) is 13.1 Å². The van der Waals surface area contributed by atoms with Crippen molar-refractivity contribution in [3.05, 3.63) is 39.9 Å². The Labute approximate surface area is 110 Å². The Morgan fingerprint density at radius 3 is 2.63 bits per heavy atom. The monoisotopic (exact) mass is 270 g/mol. The minimum absolute atomic E-state index is 0.0489. The van der Waals surface area contributed by atoms with Crippen LogP contribution in [-0.2, 0) is 6.54 Å². The first-order valence-electron chi connectivity index (χ1n) is 6.30. The molecule has 1 aliphatic heterocycles. The zero-order valence-electron chi connectivity index (χ0n) is 10.5. The molecule has 4 nitrogen and oxygen atoms in total. The van der Waals surface area contributed by atoms with Crippen molar-refractivity contribution in [2.24, 2.45) is 5.92 Å². The molecule has 0 aliphatic carbocycles. The van der Waals surface area contributed by atoms with E-state index in [1.807, 2.05) is 4.90 Å². The van der Waals surface area contributed by atoms with Crippen molar-refractivity contribution >= 4 is 5.69 Å². The van der Waals surface area contributed by atoms with Gasteiger partial charge in [-0.3, -0.25) is 15.0 Å². The molecule has 1 saturated heterocycles. The van der Waals surface area contributed by atoms with Gasteiger partial charge in [-0.05, 0) is 24.9 Å². The van der Waals surface area contributed by atoms with Crippen LogP contribution in [0.15, 0.2) is 24.3 Å². The van der Waals surface area contributed by atoms with Crippen molar-refractivity contribution in [1.29, 1.82) is 0 Å². The van der Waals surface area contributed by atoms with Crippen molar-refractivity contribution in [3.63, 3.8) is 0 Å². The number of piperidine rings is 1. The van der Waals surface area contributed by atoms with E-state index < -0.39 is 17.3 Å². The van der Waals surface area contributed by atoms with Crippen molar-refractivity contribution in [1.82, 2.24) is 4.90 Å². The fourth-order valence-corrected chi connectivity index (χ4v) is 2.42. The van der Waals surface area contributed by atoms with Gasteiger partial charge in [-0.2, -0.15) is 0 Å². The van der Waals surface area contributed by atoms with Crippen LogP contribution in [0, 0.1) is 16.0 Å². The van der Waals surface area contributed by atoms with Crippen molar-refractivity contribution in [3.8, 4) is 0 Å². The number of likely N-dealkylation sites (tertiary alicyclic amines) is 1. The van der Waals surface area contributed by atoms with Gasteiger partial charge in [0.1, 0.15) is 0 Å². The lowest BCUT2D eigenvalue weighted by Gasteiger charge is -2.32. The minimum atomic E-state index is -2.26. The lowest BCUT2D eigenvalue weighted by molar-refractivity contribution is -0.384. The third kappa shape index (κ3) is 3.70. The van der Waals surface area contributed by atoms with Crippen LogP contribution in [0.3, 0.4) is 0 Å². The molecule has 1 aliphatic rings. The number of hydrogen-bond donors (Lipinski definition) is 0. The van der Waals surface area contributed by atoms with E-state index in [2.05, 4.69) is 0 Å². The van der Waals surface area contributed by atoms with Crippen LogP contribution in [0.4, 0.5) is 14.5 Å². The molecular weight excluding hydrogens is 254 g/mol. The molecule has 1 aromatic carbocycles. The van der Waals surface area contributed by atoms with E-state index in [4.69, 9.17) is 0 Å². The van der Waals surface area contributed by atoms with E-state index in [0.717, 1.165) is 18.5 Å². The van der Waals surface area contributed by atoms with Crippen molar-refractivity contribution in [2.45, 2.75) is 25.8 Å². The second-order valence-electron chi connectivity index (χ2n) is 4.90. The molecule has 6 heteroatoms. The zero-order valence-corrected chi connectivity index (χ0v) is 10.5. The Morgan fingerprint density at radius 1 is 1.37 bits per heavy atom. The molecule has 0 radical (unpaired) electrons. The maximum absolute atomic E-state index is 12.7. The molecule has 1 atom stereocenters. The summed E-state index contributed by atoms with van der Waals surface area (Å²) < 4.78 is 25.3. The highest BCUT2D eigenvalue weighted by molar-refractivity contribution is 5.32. The van der Waals surface area contributed by atoms with E-state index in [1.165, 1.54) is 12.1 Å². The number of nitro groups is 1. The summed E-state index contributed by atoms with van der Waals surface area (Å²) in [6, 6.07) is 6.27. The Balaban J connectivity index is 1.95. The fraction of sp³-hybridized carbons (Fsp3) is 0.538. The quantitative estimate of drug-likeness (QED) is 0.624. The molecule has 104 valence electrons. The van der Waals surface area contributed by atoms with Gasteiger partial charge in [0.2, 0.25) is 6.43 Å². The lowest BCUT2D eigenvalue weighted by atomic mass is 9.98. The van der Waals surface area contributed by atoms with Gasteiger partial charge in [0, 0.05) is 31.1 Å². The number of nitrogens with zero attached hydrogens (tertiary/aromatic N) is 2. The number of rotatable bonds is 4. The maximum atomic E-state index is 12.7. The van der Waals surface area contributed by atoms with E-state index in [1.54, 1.807) is 12.1 Å². The average Bonchev–Trinajstić information content (AvgIpc) is 2.39. The molecule has 2 rings (SSSR count). The first-order valence-corrected chi connectivity index (χ1v) is 6.30. The summed E-state index contributed by atoms with van der Waals surface area (Å²) in [5, 5.41) is 10.5. The standard InChI is InChI=1S/C13H16F2N2O2/c14-13(15)11-2-1-7-16(9-11)8-10-3-5-12(6-4-10)17(18)19/h3-6,11,13H,1-2,7-9H2. The first kappa shape index (κ1) is 13.9. The van der Waals surface area contributed by atoms with Gasteiger partial charge in [-0.25, -0.2) is 8.78 Å². The largest absolute Gasteiger partial charge is 0.299 e. The number of hydrogen-bond acceptors (Lipinski definition) is 3. The molecule has 0 bridgehead atoms. The minimum Gasteiger partial charge on any atom is -0.299 e. The van der Waals surface area contributed by atoms with Crippen LogP contribution >= 0.6 is 0 Å². The van der Waals surface area contributed by atoms with Gasteiger partial charge in [-0.15, -0.1) is 0 Å². The van der Waals surface area contributed by atoms with Crippen LogP contribution in [0.1, 0.15) is 18.4 Å². The molecule has 1 aromatic rings. The fourth-order valence-electron chi connectivity index (χ4n) is 2.42. The van der Waals surface area contributed by atoms with E-state index >= 15 is 0 Å². The molecule has 1 heterocycles. The smallest absolute Gasteiger partial charge is 0.269 e. The van der Waals surface area contributed by atoms with Gasteiger partial charge >= 0.3 is 0 Å². The summed E-state index contributed by atoms with van der Waals surface area (Å²) in [6.45, 7) is 1.77. The summed E-state index contributed by atoms with van der Waals surface area (Å²) in [5.74, 6) is -0.549. The van der Waals surface area contributed by atoms with E-state index in [0.29, 0.717) is 19.5 Å². The normalized spacial score (nSPS) is 20.7.